The Labute approximate surface area is 246 Å². The third-order valence-corrected chi connectivity index (χ3v) is 8.07. The lowest BCUT2D eigenvalue weighted by Gasteiger charge is -2.38. The first kappa shape index (κ1) is 32.3. The summed E-state index contributed by atoms with van der Waals surface area (Å²) in [5.74, 6) is -0.245. The Bertz CT molecular complexity index is 1120. The molecular formula is C33H49N5O3. The molecule has 41 heavy (non-hydrogen) atoms. The number of carbonyl (C=O) groups is 3. The van der Waals surface area contributed by atoms with E-state index in [0.717, 1.165) is 24.8 Å². The van der Waals surface area contributed by atoms with Crippen LogP contribution in [0.1, 0.15) is 51.7 Å². The second-order valence-corrected chi connectivity index (χ2v) is 12.2. The number of benzene rings is 2. The van der Waals surface area contributed by atoms with Crippen molar-refractivity contribution in [3.05, 3.63) is 71.8 Å². The van der Waals surface area contributed by atoms with Crippen LogP contribution >= 0.6 is 0 Å². The van der Waals surface area contributed by atoms with E-state index >= 15 is 0 Å². The fourth-order valence-electron chi connectivity index (χ4n) is 5.37. The highest BCUT2D eigenvalue weighted by Gasteiger charge is 2.41. The normalized spacial score (nSPS) is 17.5. The molecule has 1 heterocycles. The van der Waals surface area contributed by atoms with Crippen molar-refractivity contribution in [1.29, 1.82) is 0 Å². The van der Waals surface area contributed by atoms with Gasteiger partial charge in [0.15, 0.2) is 0 Å². The Morgan fingerprint density at radius 2 is 1.56 bits per heavy atom. The van der Waals surface area contributed by atoms with Crippen molar-refractivity contribution in [2.45, 2.75) is 77.5 Å². The number of rotatable bonds is 13. The topological polar surface area (TPSA) is 93.8 Å². The molecule has 3 amide bonds. The summed E-state index contributed by atoms with van der Waals surface area (Å²) in [6.45, 7) is 9.34. The molecule has 0 aliphatic carbocycles. The van der Waals surface area contributed by atoms with Crippen LogP contribution in [0, 0.1) is 5.41 Å². The zero-order chi connectivity index (χ0) is 30.0. The van der Waals surface area contributed by atoms with Gasteiger partial charge in [-0.1, -0.05) is 81.4 Å². The van der Waals surface area contributed by atoms with Crippen LogP contribution in [0.4, 0.5) is 0 Å². The van der Waals surface area contributed by atoms with Crippen LogP contribution < -0.4 is 16.0 Å². The number of nitrogens with zero attached hydrogens (tertiary/aromatic N) is 2. The van der Waals surface area contributed by atoms with Crippen molar-refractivity contribution in [2.75, 3.05) is 33.7 Å². The highest BCUT2D eigenvalue weighted by molar-refractivity contribution is 5.90. The molecule has 224 valence electrons. The van der Waals surface area contributed by atoms with Gasteiger partial charge in [-0.2, -0.15) is 0 Å². The molecule has 0 spiro atoms. The summed E-state index contributed by atoms with van der Waals surface area (Å²) >= 11 is 0. The fraction of sp³-hybridized carbons (Fsp3) is 0.545. The predicted molar refractivity (Wildman–Crippen MR) is 164 cm³/mol. The molecule has 3 rings (SSSR count). The van der Waals surface area contributed by atoms with E-state index in [0.29, 0.717) is 26.1 Å². The molecule has 8 nitrogen and oxygen atoms in total. The second kappa shape index (κ2) is 15.1. The standard InChI is InChI=1S/C33H49N5O3/c1-24(34-5)30(39)36-29(33(2,3)4)32(41)38-20-13-18-27(38)23-37(21-19-25-14-9-7-10-15-25)31(40)28(35-6)22-26-16-11-8-12-17-26/h7-12,14-17,24,27-29,34-35H,13,18-23H2,1-6H3,(H,36,39)/t24-,27-,28?,29+/m0/s1. The zero-order valence-electron chi connectivity index (χ0n) is 25.7. The monoisotopic (exact) mass is 563 g/mol. The average molecular weight is 564 g/mol. The van der Waals surface area contributed by atoms with Gasteiger partial charge in [-0.05, 0) is 63.2 Å². The molecule has 0 radical (unpaired) electrons. The lowest BCUT2D eigenvalue weighted by molar-refractivity contribution is -0.142. The minimum absolute atomic E-state index is 0.0371. The first-order chi connectivity index (χ1) is 19.5. The van der Waals surface area contributed by atoms with E-state index in [2.05, 4.69) is 28.1 Å². The summed E-state index contributed by atoms with van der Waals surface area (Å²) in [6.07, 6.45) is 3.01. The van der Waals surface area contributed by atoms with Crippen LogP contribution in [-0.4, -0.2) is 85.4 Å². The Kier molecular flexibility index (Phi) is 11.9. The number of hydrogen-bond donors (Lipinski definition) is 3. The predicted octanol–water partition coefficient (Wildman–Crippen LogP) is 3.02. The van der Waals surface area contributed by atoms with Gasteiger partial charge >= 0.3 is 0 Å². The molecule has 0 bridgehead atoms. The van der Waals surface area contributed by atoms with Crippen molar-refractivity contribution in [3.8, 4) is 0 Å². The van der Waals surface area contributed by atoms with Crippen molar-refractivity contribution in [1.82, 2.24) is 25.8 Å². The first-order valence-corrected chi connectivity index (χ1v) is 14.9. The van der Waals surface area contributed by atoms with E-state index in [9.17, 15) is 14.4 Å². The third kappa shape index (κ3) is 9.13. The number of amides is 3. The van der Waals surface area contributed by atoms with Gasteiger partial charge in [-0.15, -0.1) is 0 Å². The SMILES string of the molecule is CNC(Cc1ccccc1)C(=O)N(CCc1ccccc1)C[C@@H]1CCCN1C(=O)[C@@H](NC(=O)[C@H](C)NC)C(C)(C)C. The Hall–Kier alpha value is -3.23. The van der Waals surface area contributed by atoms with Gasteiger partial charge in [0.1, 0.15) is 6.04 Å². The molecule has 1 aliphatic heterocycles. The summed E-state index contributed by atoms with van der Waals surface area (Å²) in [4.78, 5) is 44.6. The molecule has 4 atom stereocenters. The summed E-state index contributed by atoms with van der Waals surface area (Å²) in [5, 5.41) is 9.19. The molecular weight excluding hydrogens is 514 g/mol. The maximum Gasteiger partial charge on any atom is 0.246 e. The molecule has 3 N–H and O–H groups in total. The molecule has 1 unspecified atom stereocenters. The van der Waals surface area contributed by atoms with E-state index in [-0.39, 0.29) is 29.8 Å². The Morgan fingerprint density at radius 1 is 0.951 bits per heavy atom. The Balaban J connectivity index is 1.82. The van der Waals surface area contributed by atoms with Crippen LogP contribution in [0.3, 0.4) is 0 Å². The van der Waals surface area contributed by atoms with Crippen molar-refractivity contribution < 1.29 is 14.4 Å². The van der Waals surface area contributed by atoms with Gasteiger partial charge in [-0.3, -0.25) is 14.4 Å². The average Bonchev–Trinajstić information content (AvgIpc) is 3.44. The van der Waals surface area contributed by atoms with Gasteiger partial charge in [0.2, 0.25) is 17.7 Å². The smallest absolute Gasteiger partial charge is 0.246 e. The highest BCUT2D eigenvalue weighted by Crippen LogP contribution is 2.26. The fourth-order valence-corrected chi connectivity index (χ4v) is 5.37. The first-order valence-electron chi connectivity index (χ1n) is 14.9. The number of likely N-dealkylation sites (tertiary alicyclic amines) is 1. The van der Waals surface area contributed by atoms with Crippen molar-refractivity contribution in [3.63, 3.8) is 0 Å². The lowest BCUT2D eigenvalue weighted by atomic mass is 9.85. The van der Waals surface area contributed by atoms with E-state index in [1.807, 2.05) is 86.1 Å². The molecule has 2 aromatic carbocycles. The van der Waals surface area contributed by atoms with Crippen LogP contribution in [-0.2, 0) is 27.2 Å². The Morgan fingerprint density at radius 3 is 2.12 bits per heavy atom. The lowest BCUT2D eigenvalue weighted by Crippen LogP contribution is -2.59. The van der Waals surface area contributed by atoms with E-state index in [1.165, 1.54) is 5.56 Å². The van der Waals surface area contributed by atoms with Gasteiger partial charge < -0.3 is 25.8 Å². The number of nitrogens with one attached hydrogen (secondary N) is 3. The molecule has 0 aromatic heterocycles. The largest absolute Gasteiger partial charge is 0.342 e. The van der Waals surface area contributed by atoms with E-state index < -0.39 is 17.5 Å². The van der Waals surface area contributed by atoms with Gasteiger partial charge in [0, 0.05) is 25.7 Å². The highest BCUT2D eigenvalue weighted by atomic mass is 16.2. The molecule has 1 fully saturated rings. The second-order valence-electron chi connectivity index (χ2n) is 12.2. The summed E-state index contributed by atoms with van der Waals surface area (Å²) in [7, 11) is 3.56. The number of carbonyl (C=O) groups excluding carboxylic acids is 3. The third-order valence-electron chi connectivity index (χ3n) is 8.07. The van der Waals surface area contributed by atoms with Gasteiger partial charge in [-0.25, -0.2) is 0 Å². The van der Waals surface area contributed by atoms with Crippen molar-refractivity contribution in [2.24, 2.45) is 5.41 Å². The van der Waals surface area contributed by atoms with Gasteiger partial charge in [0.05, 0.1) is 12.1 Å². The van der Waals surface area contributed by atoms with Crippen LogP contribution in [0.5, 0.6) is 0 Å². The van der Waals surface area contributed by atoms with E-state index in [4.69, 9.17) is 0 Å². The quantitative estimate of drug-likeness (QED) is 0.349. The summed E-state index contributed by atoms with van der Waals surface area (Å²) < 4.78 is 0. The maximum atomic E-state index is 14.0. The van der Waals surface area contributed by atoms with Gasteiger partial charge in [0.25, 0.3) is 0 Å². The maximum absolute atomic E-state index is 14.0. The molecule has 1 saturated heterocycles. The molecule has 8 heteroatoms. The van der Waals surface area contributed by atoms with Crippen LogP contribution in [0.15, 0.2) is 60.7 Å². The van der Waals surface area contributed by atoms with E-state index in [1.54, 1.807) is 14.0 Å². The molecule has 0 saturated carbocycles. The number of hydrogen-bond acceptors (Lipinski definition) is 5. The number of likely N-dealkylation sites (N-methyl/N-ethyl adjacent to an activating group) is 2. The summed E-state index contributed by atoms with van der Waals surface area (Å²) in [6, 6.07) is 18.7. The van der Waals surface area contributed by atoms with Crippen LogP contribution in [0.2, 0.25) is 0 Å². The van der Waals surface area contributed by atoms with Crippen molar-refractivity contribution >= 4 is 17.7 Å². The summed E-state index contributed by atoms with van der Waals surface area (Å²) in [5.41, 5.74) is 1.80. The molecule has 2 aromatic rings. The van der Waals surface area contributed by atoms with Crippen LogP contribution in [0.25, 0.3) is 0 Å². The minimum Gasteiger partial charge on any atom is -0.342 e. The minimum atomic E-state index is -0.664. The zero-order valence-corrected chi connectivity index (χ0v) is 25.7. The molecule has 1 aliphatic rings.